The third kappa shape index (κ3) is 5.20. The highest BCUT2D eigenvalue weighted by Crippen LogP contribution is 2.26. The molecule has 0 saturated heterocycles. The fraction of sp³-hybridized carbons (Fsp3) is 0.476. The molecule has 4 heteroatoms. The number of benzene rings is 1. The molecule has 2 aromatic rings. The van der Waals surface area contributed by atoms with E-state index in [2.05, 4.69) is 60.8 Å². The molecule has 0 radical (unpaired) electrons. The second kappa shape index (κ2) is 9.42. The first kappa shape index (κ1) is 19.3. The van der Waals surface area contributed by atoms with Gasteiger partial charge in [0, 0.05) is 30.5 Å². The zero-order valence-corrected chi connectivity index (χ0v) is 16.0. The quantitative estimate of drug-likeness (QED) is 0.694. The Hall–Kier alpha value is -2.07. The van der Waals surface area contributed by atoms with Crippen molar-refractivity contribution in [1.82, 2.24) is 14.8 Å². The zero-order valence-electron chi connectivity index (χ0n) is 16.0. The Balaban J connectivity index is 2.08. The summed E-state index contributed by atoms with van der Waals surface area (Å²) in [5, 5.41) is 3.09. The van der Waals surface area contributed by atoms with Crippen molar-refractivity contribution in [3.05, 3.63) is 48.3 Å². The molecule has 0 bridgehead atoms. The van der Waals surface area contributed by atoms with E-state index >= 15 is 0 Å². The molecule has 25 heavy (non-hydrogen) atoms. The number of carbonyl (C=O) groups is 1. The van der Waals surface area contributed by atoms with Crippen molar-refractivity contribution < 1.29 is 4.79 Å². The first-order valence-corrected chi connectivity index (χ1v) is 9.34. The van der Waals surface area contributed by atoms with Gasteiger partial charge in [0.1, 0.15) is 0 Å². The van der Waals surface area contributed by atoms with E-state index in [0.717, 1.165) is 42.7 Å². The molecule has 0 unspecified atom stereocenters. The highest BCUT2D eigenvalue weighted by atomic mass is 16.1. The van der Waals surface area contributed by atoms with Crippen LogP contribution in [0.5, 0.6) is 0 Å². The summed E-state index contributed by atoms with van der Waals surface area (Å²) in [6.07, 6.45) is 5.01. The maximum atomic E-state index is 12.7. The highest BCUT2D eigenvalue weighted by molar-refractivity contribution is 6.00. The lowest BCUT2D eigenvalue weighted by atomic mass is 10.0. The van der Waals surface area contributed by atoms with Crippen LogP contribution in [0.3, 0.4) is 0 Å². The van der Waals surface area contributed by atoms with Crippen molar-refractivity contribution in [1.29, 1.82) is 0 Å². The minimum Gasteiger partial charge on any atom is -0.352 e. The highest BCUT2D eigenvalue weighted by Gasteiger charge is 2.16. The van der Waals surface area contributed by atoms with Crippen molar-refractivity contribution in [2.75, 3.05) is 26.2 Å². The van der Waals surface area contributed by atoms with Gasteiger partial charge in [0.15, 0.2) is 0 Å². The number of amides is 1. The van der Waals surface area contributed by atoms with E-state index in [1.807, 2.05) is 24.4 Å². The first-order valence-electron chi connectivity index (χ1n) is 9.34. The zero-order chi connectivity index (χ0) is 18.2. The number of rotatable bonds is 9. The van der Waals surface area contributed by atoms with E-state index in [0.29, 0.717) is 12.6 Å². The van der Waals surface area contributed by atoms with Crippen LogP contribution < -0.4 is 5.32 Å². The smallest absolute Gasteiger partial charge is 0.253 e. The summed E-state index contributed by atoms with van der Waals surface area (Å²) in [7, 11) is 0. The molecule has 136 valence electrons. The molecule has 0 aliphatic heterocycles. The molecule has 1 heterocycles. The predicted octanol–water partition coefficient (Wildman–Crippen LogP) is 4.20. The van der Waals surface area contributed by atoms with Crippen molar-refractivity contribution in [2.24, 2.45) is 0 Å². The summed E-state index contributed by atoms with van der Waals surface area (Å²) < 4.78 is 2.10. The number of hydrogen-bond donors (Lipinski definition) is 1. The Labute approximate surface area is 151 Å². The Bertz CT molecular complexity index is 657. The number of aromatic nitrogens is 1. The van der Waals surface area contributed by atoms with Crippen LogP contribution in [0.15, 0.2) is 42.7 Å². The Morgan fingerprint density at radius 1 is 1.12 bits per heavy atom. The molecule has 0 atom stereocenters. The molecule has 4 nitrogen and oxygen atoms in total. The molecule has 1 aromatic heterocycles. The van der Waals surface area contributed by atoms with E-state index in [9.17, 15) is 4.79 Å². The second-order valence-corrected chi connectivity index (χ2v) is 6.63. The Morgan fingerprint density at radius 2 is 1.80 bits per heavy atom. The maximum absolute atomic E-state index is 12.7. The second-order valence-electron chi connectivity index (χ2n) is 6.63. The van der Waals surface area contributed by atoms with Gasteiger partial charge in [0.05, 0.1) is 5.56 Å². The summed E-state index contributed by atoms with van der Waals surface area (Å²) >= 11 is 0. The van der Waals surface area contributed by atoms with E-state index in [-0.39, 0.29) is 5.91 Å². The average Bonchev–Trinajstić information content (AvgIpc) is 3.08. The number of nitrogens with zero attached hydrogens (tertiary/aromatic N) is 2. The monoisotopic (exact) mass is 341 g/mol. The molecule has 0 aliphatic rings. The lowest BCUT2D eigenvalue weighted by Crippen LogP contribution is -2.30. The molecule has 0 fully saturated rings. The predicted molar refractivity (Wildman–Crippen MR) is 105 cm³/mol. The first-order chi connectivity index (χ1) is 12.1. The van der Waals surface area contributed by atoms with Crippen LogP contribution >= 0.6 is 0 Å². The number of hydrogen-bond acceptors (Lipinski definition) is 2. The summed E-state index contributed by atoms with van der Waals surface area (Å²) in [5.41, 5.74) is 2.83. The van der Waals surface area contributed by atoms with Crippen LogP contribution in [0.25, 0.3) is 11.1 Å². The third-order valence-electron chi connectivity index (χ3n) is 4.60. The lowest BCUT2D eigenvalue weighted by molar-refractivity contribution is 0.0952. The van der Waals surface area contributed by atoms with Crippen LogP contribution in [0.2, 0.25) is 0 Å². The summed E-state index contributed by atoms with van der Waals surface area (Å²) in [6.45, 7) is 12.4. The standard InChI is InChI=1S/C21H31N3O/c1-5-23(6-2)14-10-13-22-21(25)20-16-24(17(3)4)15-19(20)18-11-8-7-9-12-18/h7-9,11-12,15-17H,5-6,10,13-14H2,1-4H3,(H,22,25). The molecule has 1 N–H and O–H groups in total. The van der Waals surface area contributed by atoms with E-state index in [1.165, 1.54) is 0 Å². The largest absolute Gasteiger partial charge is 0.352 e. The summed E-state index contributed by atoms with van der Waals surface area (Å²) in [4.78, 5) is 15.1. The molecule has 2 rings (SSSR count). The minimum atomic E-state index is 0.0119. The van der Waals surface area contributed by atoms with Crippen LogP contribution in [0, 0.1) is 0 Å². The molecular formula is C21H31N3O. The van der Waals surface area contributed by atoms with Crippen molar-refractivity contribution >= 4 is 5.91 Å². The summed E-state index contributed by atoms with van der Waals surface area (Å²) in [6, 6.07) is 10.4. The Morgan fingerprint density at radius 3 is 2.40 bits per heavy atom. The summed E-state index contributed by atoms with van der Waals surface area (Å²) in [5.74, 6) is 0.0119. The van der Waals surface area contributed by atoms with E-state index in [4.69, 9.17) is 0 Å². The normalized spacial score (nSPS) is 11.3. The maximum Gasteiger partial charge on any atom is 0.253 e. The van der Waals surface area contributed by atoms with Gasteiger partial charge in [-0.05, 0) is 45.5 Å². The van der Waals surface area contributed by atoms with Gasteiger partial charge in [-0.3, -0.25) is 4.79 Å². The van der Waals surface area contributed by atoms with Crippen molar-refractivity contribution in [2.45, 2.75) is 40.2 Å². The van der Waals surface area contributed by atoms with Gasteiger partial charge >= 0.3 is 0 Å². The number of carbonyl (C=O) groups excluding carboxylic acids is 1. The SMILES string of the molecule is CCN(CC)CCCNC(=O)c1cn(C(C)C)cc1-c1ccccc1. The molecular weight excluding hydrogens is 310 g/mol. The van der Waals surface area contributed by atoms with Gasteiger partial charge in [0.2, 0.25) is 0 Å². The number of nitrogens with one attached hydrogen (secondary N) is 1. The lowest BCUT2D eigenvalue weighted by Gasteiger charge is -2.17. The fourth-order valence-corrected chi connectivity index (χ4v) is 2.94. The van der Waals surface area contributed by atoms with Crippen LogP contribution in [-0.2, 0) is 0 Å². The van der Waals surface area contributed by atoms with Gasteiger partial charge < -0.3 is 14.8 Å². The molecule has 0 saturated carbocycles. The van der Waals surface area contributed by atoms with Crippen LogP contribution in [-0.4, -0.2) is 41.6 Å². The van der Waals surface area contributed by atoms with Gasteiger partial charge in [-0.2, -0.15) is 0 Å². The van der Waals surface area contributed by atoms with Crippen molar-refractivity contribution in [3.8, 4) is 11.1 Å². The average molecular weight is 341 g/mol. The molecule has 0 aliphatic carbocycles. The van der Waals surface area contributed by atoms with Gasteiger partial charge in [-0.25, -0.2) is 0 Å². The molecule has 0 spiro atoms. The van der Waals surface area contributed by atoms with E-state index < -0.39 is 0 Å². The van der Waals surface area contributed by atoms with Crippen LogP contribution in [0.1, 0.15) is 50.5 Å². The minimum absolute atomic E-state index is 0.0119. The van der Waals surface area contributed by atoms with Gasteiger partial charge in [-0.1, -0.05) is 44.2 Å². The van der Waals surface area contributed by atoms with Crippen molar-refractivity contribution in [3.63, 3.8) is 0 Å². The Kier molecular flexibility index (Phi) is 7.26. The van der Waals surface area contributed by atoms with Gasteiger partial charge in [0.25, 0.3) is 5.91 Å². The van der Waals surface area contributed by atoms with E-state index in [1.54, 1.807) is 0 Å². The van der Waals surface area contributed by atoms with Gasteiger partial charge in [-0.15, -0.1) is 0 Å². The third-order valence-corrected chi connectivity index (χ3v) is 4.60. The fourth-order valence-electron chi connectivity index (χ4n) is 2.94. The molecule has 1 aromatic carbocycles. The topological polar surface area (TPSA) is 37.3 Å². The van der Waals surface area contributed by atoms with Crippen LogP contribution in [0.4, 0.5) is 0 Å². The molecule has 1 amide bonds.